The minimum atomic E-state index is -0.273. The molecule has 1 aliphatic rings. The molecule has 0 bridgehead atoms. The number of hydrogen-bond donors (Lipinski definition) is 1. The van der Waals surface area contributed by atoms with Gasteiger partial charge < -0.3 is 9.94 Å². The Morgan fingerprint density at radius 3 is 1.74 bits per heavy atom. The summed E-state index contributed by atoms with van der Waals surface area (Å²) in [5.74, 6) is -0.224. The Morgan fingerprint density at radius 2 is 1.47 bits per heavy atom. The molecule has 0 unspecified atom stereocenters. The van der Waals surface area contributed by atoms with Crippen LogP contribution in [0.15, 0.2) is 0 Å². The molecule has 19 heavy (non-hydrogen) atoms. The van der Waals surface area contributed by atoms with Gasteiger partial charge >= 0.3 is 5.97 Å². The molecular weight excluding hydrogens is 242 g/mol. The third-order valence-electron chi connectivity index (χ3n) is 5.08. The van der Waals surface area contributed by atoms with E-state index in [9.17, 15) is 10.0 Å². The number of carbonyl (C=O) groups excluding carboxylic acids is 1. The average Bonchev–Trinajstić information content (AvgIpc) is 2.40. The molecule has 1 aliphatic heterocycles. The zero-order valence-electron chi connectivity index (χ0n) is 13.0. The van der Waals surface area contributed by atoms with E-state index in [0.29, 0.717) is 0 Å². The van der Waals surface area contributed by atoms with Crippen molar-refractivity contribution in [2.45, 2.75) is 90.3 Å². The minimum Gasteiger partial charge on any atom is -0.462 e. The van der Waals surface area contributed by atoms with E-state index in [0.717, 1.165) is 38.5 Å². The second-order valence-electron chi connectivity index (χ2n) is 5.81. The Balaban J connectivity index is 3.10. The summed E-state index contributed by atoms with van der Waals surface area (Å²) in [6.45, 7) is 9.85. The molecule has 0 aromatic carbocycles. The maximum Gasteiger partial charge on any atom is 0.302 e. The van der Waals surface area contributed by atoms with Gasteiger partial charge in [-0.15, -0.1) is 0 Å². The Labute approximate surface area is 117 Å². The van der Waals surface area contributed by atoms with Crippen molar-refractivity contribution in [2.24, 2.45) is 0 Å². The van der Waals surface area contributed by atoms with E-state index in [4.69, 9.17) is 4.74 Å². The first-order chi connectivity index (χ1) is 8.89. The van der Waals surface area contributed by atoms with Crippen molar-refractivity contribution >= 4 is 5.97 Å². The predicted molar refractivity (Wildman–Crippen MR) is 75.0 cm³/mol. The Kier molecular flexibility index (Phi) is 5.39. The van der Waals surface area contributed by atoms with E-state index in [1.165, 1.54) is 6.92 Å². The quantitative estimate of drug-likeness (QED) is 0.777. The molecule has 1 fully saturated rings. The van der Waals surface area contributed by atoms with Crippen LogP contribution in [-0.2, 0) is 9.53 Å². The average molecular weight is 271 g/mol. The summed E-state index contributed by atoms with van der Waals surface area (Å²) < 4.78 is 5.48. The first-order valence-electron chi connectivity index (χ1n) is 7.56. The van der Waals surface area contributed by atoms with E-state index in [2.05, 4.69) is 27.7 Å². The van der Waals surface area contributed by atoms with E-state index >= 15 is 0 Å². The Morgan fingerprint density at radius 1 is 1.11 bits per heavy atom. The molecule has 4 nitrogen and oxygen atoms in total. The van der Waals surface area contributed by atoms with Gasteiger partial charge in [-0.25, -0.2) is 0 Å². The molecule has 0 saturated carbocycles. The molecule has 1 N–H and O–H groups in total. The standard InChI is InChI=1S/C15H29NO3/c1-6-14(7-2)10-13(19-12(5)17)11-15(8-3,9-4)16(14)18/h13,18H,6-11H2,1-5H3. The fraction of sp³-hybridized carbons (Fsp3) is 0.933. The molecule has 0 aromatic heterocycles. The summed E-state index contributed by atoms with van der Waals surface area (Å²) in [5.41, 5.74) is -0.547. The van der Waals surface area contributed by atoms with Gasteiger partial charge in [-0.05, 0) is 25.7 Å². The van der Waals surface area contributed by atoms with Crippen molar-refractivity contribution in [3.05, 3.63) is 0 Å². The van der Waals surface area contributed by atoms with Crippen LogP contribution in [0.25, 0.3) is 0 Å². The van der Waals surface area contributed by atoms with Crippen molar-refractivity contribution in [2.75, 3.05) is 0 Å². The number of esters is 1. The molecule has 1 saturated heterocycles. The van der Waals surface area contributed by atoms with Crippen LogP contribution >= 0.6 is 0 Å². The number of nitrogens with zero attached hydrogens (tertiary/aromatic N) is 1. The van der Waals surface area contributed by atoms with E-state index in [1.807, 2.05) is 0 Å². The highest BCUT2D eigenvalue weighted by atomic mass is 16.5. The Bertz CT molecular complexity index is 287. The molecule has 0 amide bonds. The number of rotatable bonds is 5. The normalized spacial score (nSPS) is 23.3. The number of piperidine rings is 1. The molecule has 0 aliphatic carbocycles. The van der Waals surface area contributed by atoms with E-state index < -0.39 is 0 Å². The molecule has 0 atom stereocenters. The van der Waals surface area contributed by atoms with E-state index in [-0.39, 0.29) is 23.2 Å². The van der Waals surface area contributed by atoms with Gasteiger partial charge in [0.05, 0.1) is 0 Å². The lowest BCUT2D eigenvalue weighted by atomic mass is 9.72. The summed E-state index contributed by atoms with van der Waals surface area (Å²) in [4.78, 5) is 11.3. The second kappa shape index (κ2) is 6.23. The van der Waals surface area contributed by atoms with Crippen LogP contribution in [0.3, 0.4) is 0 Å². The van der Waals surface area contributed by atoms with Crippen LogP contribution in [-0.4, -0.2) is 33.4 Å². The fourth-order valence-electron chi connectivity index (χ4n) is 3.59. The minimum absolute atomic E-state index is 0.0827. The van der Waals surface area contributed by atoms with Gasteiger partial charge in [0.25, 0.3) is 0 Å². The summed E-state index contributed by atoms with van der Waals surface area (Å²) in [7, 11) is 0. The highest BCUT2D eigenvalue weighted by Gasteiger charge is 2.52. The maximum absolute atomic E-state index is 11.3. The smallest absolute Gasteiger partial charge is 0.302 e. The highest BCUT2D eigenvalue weighted by Crippen LogP contribution is 2.45. The Hall–Kier alpha value is -0.610. The maximum atomic E-state index is 11.3. The summed E-state index contributed by atoms with van der Waals surface area (Å²) in [6.07, 6.45) is 4.80. The number of ether oxygens (including phenoxy) is 1. The third-order valence-corrected chi connectivity index (χ3v) is 5.08. The van der Waals surface area contributed by atoms with Crippen LogP contribution in [0.1, 0.15) is 73.1 Å². The van der Waals surface area contributed by atoms with Crippen molar-refractivity contribution in [1.29, 1.82) is 0 Å². The van der Waals surface area contributed by atoms with Gasteiger partial charge in [-0.1, -0.05) is 27.7 Å². The molecule has 0 spiro atoms. The van der Waals surface area contributed by atoms with Crippen LogP contribution < -0.4 is 0 Å². The summed E-state index contributed by atoms with van der Waals surface area (Å²) >= 11 is 0. The molecule has 0 aromatic rings. The molecular formula is C15H29NO3. The SMILES string of the molecule is CCC1(CC)CC(OC(C)=O)CC(CC)(CC)N1O. The van der Waals surface area contributed by atoms with Crippen molar-refractivity contribution in [3.63, 3.8) is 0 Å². The zero-order valence-corrected chi connectivity index (χ0v) is 13.0. The summed E-state index contributed by atoms with van der Waals surface area (Å²) in [5, 5.41) is 12.4. The molecule has 0 radical (unpaired) electrons. The van der Waals surface area contributed by atoms with Crippen molar-refractivity contribution < 1.29 is 14.7 Å². The lowest BCUT2D eigenvalue weighted by Crippen LogP contribution is -2.64. The lowest BCUT2D eigenvalue weighted by molar-refractivity contribution is -0.282. The number of hydrogen-bond acceptors (Lipinski definition) is 4. The summed E-state index contributed by atoms with van der Waals surface area (Å²) in [6, 6.07) is 0. The molecule has 1 rings (SSSR count). The molecule has 4 heteroatoms. The third kappa shape index (κ3) is 2.95. The van der Waals surface area contributed by atoms with Crippen LogP contribution in [0.5, 0.6) is 0 Å². The fourth-order valence-corrected chi connectivity index (χ4v) is 3.59. The van der Waals surface area contributed by atoms with Gasteiger partial charge in [0, 0.05) is 30.8 Å². The first-order valence-corrected chi connectivity index (χ1v) is 7.56. The lowest BCUT2D eigenvalue weighted by Gasteiger charge is -2.56. The zero-order chi connectivity index (χ0) is 14.7. The van der Waals surface area contributed by atoms with Gasteiger partial charge in [0.15, 0.2) is 0 Å². The predicted octanol–water partition coefficient (Wildman–Crippen LogP) is 3.52. The first kappa shape index (κ1) is 16.4. The van der Waals surface area contributed by atoms with Crippen LogP contribution in [0, 0.1) is 0 Å². The molecule has 112 valence electrons. The topological polar surface area (TPSA) is 49.8 Å². The van der Waals surface area contributed by atoms with Gasteiger partial charge in [-0.2, -0.15) is 5.06 Å². The number of carbonyl (C=O) groups is 1. The highest BCUT2D eigenvalue weighted by molar-refractivity contribution is 5.66. The van der Waals surface area contributed by atoms with Crippen LogP contribution in [0.2, 0.25) is 0 Å². The van der Waals surface area contributed by atoms with Crippen LogP contribution in [0.4, 0.5) is 0 Å². The van der Waals surface area contributed by atoms with E-state index in [1.54, 1.807) is 5.06 Å². The second-order valence-corrected chi connectivity index (χ2v) is 5.81. The molecule has 1 heterocycles. The van der Waals surface area contributed by atoms with Crippen molar-refractivity contribution in [3.8, 4) is 0 Å². The van der Waals surface area contributed by atoms with Crippen molar-refractivity contribution in [1.82, 2.24) is 5.06 Å². The van der Waals surface area contributed by atoms with Gasteiger partial charge in [-0.3, -0.25) is 4.79 Å². The van der Waals surface area contributed by atoms with Gasteiger partial charge in [0.2, 0.25) is 0 Å². The number of hydroxylamine groups is 2. The largest absolute Gasteiger partial charge is 0.462 e. The monoisotopic (exact) mass is 271 g/mol. The van der Waals surface area contributed by atoms with Gasteiger partial charge in [0.1, 0.15) is 6.10 Å².